The van der Waals surface area contributed by atoms with Gasteiger partial charge in [-0.05, 0) is 58.4 Å². The Bertz CT molecular complexity index is 1080. The summed E-state index contributed by atoms with van der Waals surface area (Å²) < 4.78 is 20.7. The summed E-state index contributed by atoms with van der Waals surface area (Å²) in [6.07, 6.45) is 0.837. The molecule has 9 heteroatoms. The Kier molecular flexibility index (Phi) is 6.13. The zero-order valence-corrected chi connectivity index (χ0v) is 18.1. The summed E-state index contributed by atoms with van der Waals surface area (Å²) in [7, 11) is 0. The van der Waals surface area contributed by atoms with Gasteiger partial charge in [0.05, 0.1) is 5.69 Å². The fourth-order valence-electron chi connectivity index (χ4n) is 3.79. The van der Waals surface area contributed by atoms with Crippen LogP contribution in [0.5, 0.6) is 0 Å². The first-order valence-corrected chi connectivity index (χ1v) is 10.5. The number of aromatic nitrogens is 4. The molecular weight excluding hydrogens is 399 g/mol. The topological polar surface area (TPSA) is 89.1 Å². The highest BCUT2D eigenvalue weighted by molar-refractivity contribution is 5.90. The van der Waals surface area contributed by atoms with Crippen molar-refractivity contribution >= 4 is 11.7 Å². The molecule has 3 aromatic rings. The second-order valence-electron chi connectivity index (χ2n) is 8.02. The molecule has 1 atom stereocenters. The number of nitrogens with one attached hydrogen (secondary N) is 1. The number of carbonyl (C=O) groups is 1. The lowest BCUT2D eigenvalue weighted by atomic mass is 10.3. The molecule has 0 aromatic carbocycles. The Labute approximate surface area is 180 Å². The molecule has 1 fully saturated rings. The van der Waals surface area contributed by atoms with Crippen LogP contribution in [0.25, 0.3) is 17.4 Å². The van der Waals surface area contributed by atoms with Gasteiger partial charge in [0.15, 0.2) is 17.4 Å². The lowest BCUT2D eigenvalue weighted by molar-refractivity contribution is -0.116. The molecule has 1 aliphatic heterocycles. The van der Waals surface area contributed by atoms with Gasteiger partial charge in [-0.2, -0.15) is 5.10 Å². The lowest BCUT2D eigenvalue weighted by Crippen LogP contribution is -2.23. The van der Waals surface area contributed by atoms with Crippen LogP contribution in [0.15, 0.2) is 28.7 Å². The van der Waals surface area contributed by atoms with E-state index < -0.39 is 6.17 Å². The minimum absolute atomic E-state index is 0.143. The van der Waals surface area contributed by atoms with Crippen molar-refractivity contribution in [3.63, 3.8) is 0 Å². The summed E-state index contributed by atoms with van der Waals surface area (Å²) in [5.74, 6) is 2.43. The maximum Gasteiger partial charge on any atom is 0.225 e. The molecule has 0 radical (unpaired) electrons. The van der Waals surface area contributed by atoms with Crippen LogP contribution in [0.3, 0.4) is 0 Å². The molecule has 0 aliphatic carbocycles. The molecule has 0 unspecified atom stereocenters. The predicted octanol–water partition coefficient (Wildman–Crippen LogP) is 3.61. The zero-order valence-electron chi connectivity index (χ0n) is 18.1. The van der Waals surface area contributed by atoms with E-state index in [4.69, 9.17) is 4.42 Å². The number of furan rings is 1. The molecule has 1 saturated heterocycles. The Morgan fingerprint density at radius 2 is 2.10 bits per heavy atom. The van der Waals surface area contributed by atoms with Crippen LogP contribution >= 0.6 is 0 Å². The first kappa shape index (κ1) is 21.2. The van der Waals surface area contributed by atoms with E-state index in [1.165, 1.54) is 0 Å². The number of anilines is 1. The van der Waals surface area contributed by atoms with Crippen molar-refractivity contribution in [1.82, 2.24) is 24.6 Å². The Balaban J connectivity index is 1.51. The smallest absolute Gasteiger partial charge is 0.225 e. The van der Waals surface area contributed by atoms with Crippen LogP contribution in [-0.2, 0) is 4.79 Å². The highest BCUT2D eigenvalue weighted by Crippen LogP contribution is 2.23. The summed E-state index contributed by atoms with van der Waals surface area (Å²) >= 11 is 0. The number of rotatable bonds is 7. The minimum Gasteiger partial charge on any atom is -0.458 e. The van der Waals surface area contributed by atoms with Crippen molar-refractivity contribution in [2.24, 2.45) is 0 Å². The largest absolute Gasteiger partial charge is 0.458 e. The second kappa shape index (κ2) is 8.97. The average molecular weight is 426 g/mol. The van der Waals surface area contributed by atoms with E-state index in [2.05, 4.69) is 25.3 Å². The van der Waals surface area contributed by atoms with Gasteiger partial charge in [0.2, 0.25) is 5.91 Å². The fraction of sp³-hybridized carbons (Fsp3) is 0.455. The summed E-state index contributed by atoms with van der Waals surface area (Å²) in [5.41, 5.74) is 1.79. The van der Waals surface area contributed by atoms with E-state index in [9.17, 15) is 9.18 Å². The summed E-state index contributed by atoms with van der Waals surface area (Å²) in [6, 6.07) is 7.30. The standard InChI is InChI=1S/C22H27FN6O2/c1-14-11-15(2)29(27-14)20-12-19(25-22(26-20)18-7-6-16(3)31-18)24-21(30)5-4-9-28-10-8-17(23)13-28/h6-7,11-12,17H,4-5,8-10,13H2,1-3H3,(H,24,25,26,30)/t17-/m1/s1. The summed E-state index contributed by atoms with van der Waals surface area (Å²) in [6.45, 7) is 7.64. The van der Waals surface area contributed by atoms with Gasteiger partial charge >= 0.3 is 0 Å². The molecule has 4 rings (SSSR count). The van der Waals surface area contributed by atoms with Crippen LogP contribution in [0, 0.1) is 20.8 Å². The zero-order chi connectivity index (χ0) is 22.0. The Hall–Kier alpha value is -3.07. The fourth-order valence-corrected chi connectivity index (χ4v) is 3.79. The summed E-state index contributed by atoms with van der Waals surface area (Å²) in [4.78, 5) is 23.6. The molecule has 0 spiro atoms. The molecule has 1 amide bonds. The van der Waals surface area contributed by atoms with Gasteiger partial charge in [-0.25, -0.2) is 19.0 Å². The van der Waals surface area contributed by atoms with Crippen molar-refractivity contribution in [1.29, 1.82) is 0 Å². The predicted molar refractivity (Wildman–Crippen MR) is 115 cm³/mol. The van der Waals surface area contributed by atoms with E-state index in [0.717, 1.165) is 23.7 Å². The summed E-state index contributed by atoms with van der Waals surface area (Å²) in [5, 5.41) is 7.35. The molecule has 1 N–H and O–H groups in total. The van der Waals surface area contributed by atoms with E-state index in [0.29, 0.717) is 55.6 Å². The number of halogens is 1. The molecule has 0 bridgehead atoms. The third kappa shape index (κ3) is 5.16. The number of carbonyl (C=O) groups excluding carboxylic acids is 1. The number of nitrogens with zero attached hydrogens (tertiary/aromatic N) is 5. The third-order valence-electron chi connectivity index (χ3n) is 5.26. The van der Waals surface area contributed by atoms with E-state index in [1.54, 1.807) is 16.8 Å². The molecule has 3 aromatic heterocycles. The quantitative estimate of drug-likeness (QED) is 0.621. The van der Waals surface area contributed by atoms with Crippen molar-refractivity contribution < 1.29 is 13.6 Å². The van der Waals surface area contributed by atoms with Crippen LogP contribution in [0.2, 0.25) is 0 Å². The molecule has 164 valence electrons. The third-order valence-corrected chi connectivity index (χ3v) is 5.26. The Morgan fingerprint density at radius 3 is 2.74 bits per heavy atom. The van der Waals surface area contributed by atoms with Gasteiger partial charge in [0, 0.05) is 31.3 Å². The van der Waals surface area contributed by atoms with Crippen LogP contribution < -0.4 is 5.32 Å². The second-order valence-corrected chi connectivity index (χ2v) is 8.02. The molecule has 31 heavy (non-hydrogen) atoms. The highest BCUT2D eigenvalue weighted by atomic mass is 19.1. The van der Waals surface area contributed by atoms with Crippen LogP contribution in [0.1, 0.15) is 36.4 Å². The number of amides is 1. The van der Waals surface area contributed by atoms with Crippen molar-refractivity contribution in [3.05, 3.63) is 41.4 Å². The molecule has 8 nitrogen and oxygen atoms in total. The average Bonchev–Trinajstić information content (AvgIpc) is 3.42. The van der Waals surface area contributed by atoms with E-state index >= 15 is 0 Å². The SMILES string of the molecule is Cc1cc(C)n(-c2cc(NC(=O)CCCN3CC[C@@H](F)C3)nc(-c3ccc(C)o3)n2)n1. The first-order chi connectivity index (χ1) is 14.9. The normalized spacial score (nSPS) is 16.7. The van der Waals surface area contributed by atoms with Gasteiger partial charge < -0.3 is 14.6 Å². The van der Waals surface area contributed by atoms with Gasteiger partial charge in [-0.15, -0.1) is 0 Å². The first-order valence-electron chi connectivity index (χ1n) is 10.5. The number of aryl methyl sites for hydroxylation is 3. The molecule has 0 saturated carbocycles. The lowest BCUT2D eigenvalue weighted by Gasteiger charge is -2.14. The van der Waals surface area contributed by atoms with Gasteiger partial charge in [-0.3, -0.25) is 4.79 Å². The number of likely N-dealkylation sites (tertiary alicyclic amines) is 1. The van der Waals surface area contributed by atoms with Gasteiger partial charge in [-0.1, -0.05) is 0 Å². The van der Waals surface area contributed by atoms with Gasteiger partial charge in [0.1, 0.15) is 17.7 Å². The molecular formula is C22H27FN6O2. The van der Waals surface area contributed by atoms with Crippen molar-refractivity contribution in [2.75, 3.05) is 25.0 Å². The van der Waals surface area contributed by atoms with Crippen molar-refractivity contribution in [2.45, 2.75) is 46.2 Å². The minimum atomic E-state index is -0.744. The van der Waals surface area contributed by atoms with Crippen LogP contribution in [-0.4, -0.2) is 56.4 Å². The van der Waals surface area contributed by atoms with Gasteiger partial charge in [0.25, 0.3) is 0 Å². The Morgan fingerprint density at radius 1 is 1.26 bits per heavy atom. The number of alkyl halides is 1. The number of hydrogen-bond acceptors (Lipinski definition) is 6. The van der Waals surface area contributed by atoms with E-state index in [-0.39, 0.29) is 5.91 Å². The molecule has 4 heterocycles. The maximum absolute atomic E-state index is 13.3. The monoisotopic (exact) mass is 426 g/mol. The van der Waals surface area contributed by atoms with E-state index in [1.807, 2.05) is 32.9 Å². The molecule has 1 aliphatic rings. The maximum atomic E-state index is 13.3. The van der Waals surface area contributed by atoms with Crippen LogP contribution in [0.4, 0.5) is 10.2 Å². The number of hydrogen-bond donors (Lipinski definition) is 1. The van der Waals surface area contributed by atoms with Crippen molar-refractivity contribution in [3.8, 4) is 17.4 Å². The highest BCUT2D eigenvalue weighted by Gasteiger charge is 2.21.